The Morgan fingerprint density at radius 3 is 2.50 bits per heavy atom. The molecule has 2 nitrogen and oxygen atoms in total. The first-order valence-electron chi connectivity index (χ1n) is 5.74. The summed E-state index contributed by atoms with van der Waals surface area (Å²) in [6, 6.07) is 8.02. The topological polar surface area (TPSA) is 33.4 Å². The molecule has 0 aliphatic heterocycles. The summed E-state index contributed by atoms with van der Waals surface area (Å²) < 4.78 is 5.85. The molecule has 1 N–H and O–H groups in total. The van der Waals surface area contributed by atoms with E-state index in [0.29, 0.717) is 5.92 Å². The van der Waals surface area contributed by atoms with E-state index >= 15 is 0 Å². The SMILES string of the molecule is Cc1c(C(CO)C(C)C)oc2ccccc12. The Hall–Kier alpha value is -1.28. The molecule has 0 bridgehead atoms. The molecule has 0 aliphatic rings. The average Bonchev–Trinajstić information content (AvgIpc) is 2.58. The predicted octanol–water partition coefficient (Wildman–Crippen LogP) is 3.47. The summed E-state index contributed by atoms with van der Waals surface area (Å²) in [5, 5.41) is 10.6. The van der Waals surface area contributed by atoms with Crippen LogP contribution in [0.15, 0.2) is 28.7 Å². The van der Waals surface area contributed by atoms with Gasteiger partial charge in [0.25, 0.3) is 0 Å². The van der Waals surface area contributed by atoms with Crippen molar-refractivity contribution < 1.29 is 9.52 Å². The zero-order valence-corrected chi connectivity index (χ0v) is 10.0. The average molecular weight is 218 g/mol. The molecule has 2 rings (SSSR count). The Balaban J connectivity index is 2.56. The summed E-state index contributed by atoms with van der Waals surface area (Å²) in [5.41, 5.74) is 2.07. The standard InChI is InChI=1S/C14H18O2/c1-9(2)12(8-15)14-10(3)11-6-4-5-7-13(11)16-14/h4-7,9,12,15H,8H2,1-3H3. The smallest absolute Gasteiger partial charge is 0.134 e. The fraction of sp³-hybridized carbons (Fsp3) is 0.429. The predicted molar refractivity (Wildman–Crippen MR) is 65.6 cm³/mol. The molecule has 0 amide bonds. The Morgan fingerprint density at radius 2 is 1.94 bits per heavy atom. The first-order chi connectivity index (χ1) is 7.65. The van der Waals surface area contributed by atoms with Crippen molar-refractivity contribution in [3.05, 3.63) is 35.6 Å². The van der Waals surface area contributed by atoms with Gasteiger partial charge in [-0.1, -0.05) is 32.0 Å². The van der Waals surface area contributed by atoms with Gasteiger partial charge in [-0.15, -0.1) is 0 Å². The molecule has 1 aromatic heterocycles. The molecule has 2 heteroatoms. The van der Waals surface area contributed by atoms with Crippen molar-refractivity contribution in [1.29, 1.82) is 0 Å². The monoisotopic (exact) mass is 218 g/mol. The lowest BCUT2D eigenvalue weighted by atomic mass is 9.92. The van der Waals surface area contributed by atoms with E-state index in [9.17, 15) is 5.11 Å². The van der Waals surface area contributed by atoms with E-state index < -0.39 is 0 Å². The molecule has 0 fully saturated rings. The van der Waals surface area contributed by atoms with Gasteiger partial charge in [0.05, 0.1) is 6.61 Å². The Bertz CT molecular complexity index is 482. The summed E-state index contributed by atoms with van der Waals surface area (Å²) in [6.07, 6.45) is 0. The molecule has 0 saturated heterocycles. The van der Waals surface area contributed by atoms with Gasteiger partial charge in [-0.25, -0.2) is 0 Å². The molecule has 0 saturated carbocycles. The number of aliphatic hydroxyl groups excluding tert-OH is 1. The molecule has 0 spiro atoms. The number of fused-ring (bicyclic) bond motifs is 1. The Labute approximate surface area is 95.9 Å². The van der Waals surface area contributed by atoms with E-state index in [1.54, 1.807) is 0 Å². The van der Waals surface area contributed by atoms with Crippen LogP contribution in [-0.2, 0) is 0 Å². The van der Waals surface area contributed by atoms with Crippen LogP contribution < -0.4 is 0 Å². The third kappa shape index (κ3) is 1.74. The van der Waals surface area contributed by atoms with Crippen molar-refractivity contribution in [3.63, 3.8) is 0 Å². The quantitative estimate of drug-likeness (QED) is 0.855. The molecule has 1 aromatic carbocycles. The minimum absolute atomic E-state index is 0.0902. The van der Waals surface area contributed by atoms with Crippen molar-refractivity contribution in [2.75, 3.05) is 6.61 Å². The number of furan rings is 1. The highest BCUT2D eigenvalue weighted by Gasteiger charge is 2.22. The fourth-order valence-electron chi connectivity index (χ4n) is 2.14. The Kier molecular flexibility index (Phi) is 3.01. The summed E-state index contributed by atoms with van der Waals surface area (Å²) in [6.45, 7) is 6.41. The highest BCUT2D eigenvalue weighted by atomic mass is 16.3. The maximum absolute atomic E-state index is 9.44. The Morgan fingerprint density at radius 1 is 1.25 bits per heavy atom. The van der Waals surface area contributed by atoms with Crippen LogP contribution in [0.3, 0.4) is 0 Å². The van der Waals surface area contributed by atoms with Gasteiger partial charge in [0.1, 0.15) is 11.3 Å². The number of hydrogen-bond acceptors (Lipinski definition) is 2. The molecule has 1 atom stereocenters. The van der Waals surface area contributed by atoms with Crippen LogP contribution in [0.1, 0.15) is 31.1 Å². The first-order valence-corrected chi connectivity index (χ1v) is 5.74. The van der Waals surface area contributed by atoms with Crippen LogP contribution in [0.5, 0.6) is 0 Å². The fourth-order valence-corrected chi connectivity index (χ4v) is 2.14. The van der Waals surface area contributed by atoms with Crippen molar-refractivity contribution in [3.8, 4) is 0 Å². The van der Waals surface area contributed by atoms with Gasteiger partial charge >= 0.3 is 0 Å². The second kappa shape index (κ2) is 4.30. The van der Waals surface area contributed by atoms with Gasteiger partial charge in [-0.05, 0) is 24.5 Å². The third-order valence-corrected chi connectivity index (χ3v) is 3.22. The van der Waals surface area contributed by atoms with E-state index in [0.717, 1.165) is 22.3 Å². The molecule has 16 heavy (non-hydrogen) atoms. The van der Waals surface area contributed by atoms with Crippen LogP contribution in [0.4, 0.5) is 0 Å². The van der Waals surface area contributed by atoms with Crippen molar-refractivity contribution in [2.45, 2.75) is 26.7 Å². The van der Waals surface area contributed by atoms with Gasteiger partial charge in [0.2, 0.25) is 0 Å². The summed E-state index contributed by atoms with van der Waals surface area (Å²) >= 11 is 0. The number of para-hydroxylation sites is 1. The summed E-state index contributed by atoms with van der Waals surface area (Å²) in [5.74, 6) is 1.40. The van der Waals surface area contributed by atoms with Crippen molar-refractivity contribution in [1.82, 2.24) is 0 Å². The molecular formula is C14H18O2. The number of rotatable bonds is 3. The first kappa shape index (κ1) is 11.2. The zero-order chi connectivity index (χ0) is 11.7. The molecule has 0 aliphatic carbocycles. The summed E-state index contributed by atoms with van der Waals surface area (Å²) in [7, 11) is 0. The molecule has 2 aromatic rings. The third-order valence-electron chi connectivity index (χ3n) is 3.22. The second-order valence-electron chi connectivity index (χ2n) is 4.62. The van der Waals surface area contributed by atoms with Gasteiger partial charge in [0, 0.05) is 11.3 Å². The van der Waals surface area contributed by atoms with E-state index in [1.807, 2.05) is 18.2 Å². The number of aryl methyl sites for hydroxylation is 1. The highest BCUT2D eigenvalue weighted by molar-refractivity contribution is 5.82. The number of aliphatic hydroxyl groups is 1. The van der Waals surface area contributed by atoms with Crippen molar-refractivity contribution in [2.24, 2.45) is 5.92 Å². The second-order valence-corrected chi connectivity index (χ2v) is 4.62. The van der Waals surface area contributed by atoms with Crippen LogP contribution in [0.25, 0.3) is 11.0 Å². The van der Waals surface area contributed by atoms with Crippen LogP contribution in [0, 0.1) is 12.8 Å². The minimum Gasteiger partial charge on any atom is -0.460 e. The number of hydrogen-bond donors (Lipinski definition) is 1. The molecule has 0 radical (unpaired) electrons. The van der Waals surface area contributed by atoms with E-state index in [2.05, 4.69) is 26.8 Å². The van der Waals surface area contributed by atoms with Crippen LogP contribution in [0.2, 0.25) is 0 Å². The molecule has 86 valence electrons. The van der Waals surface area contributed by atoms with Crippen LogP contribution in [-0.4, -0.2) is 11.7 Å². The van der Waals surface area contributed by atoms with Gasteiger partial charge in [0.15, 0.2) is 0 Å². The lowest BCUT2D eigenvalue weighted by molar-refractivity contribution is 0.220. The minimum atomic E-state index is 0.0902. The zero-order valence-electron chi connectivity index (χ0n) is 10.0. The van der Waals surface area contributed by atoms with Crippen molar-refractivity contribution >= 4 is 11.0 Å². The van der Waals surface area contributed by atoms with E-state index in [-0.39, 0.29) is 12.5 Å². The van der Waals surface area contributed by atoms with Gasteiger partial charge in [-0.2, -0.15) is 0 Å². The maximum Gasteiger partial charge on any atom is 0.134 e. The van der Waals surface area contributed by atoms with Gasteiger partial charge < -0.3 is 9.52 Å². The normalized spacial score (nSPS) is 13.6. The largest absolute Gasteiger partial charge is 0.460 e. The lowest BCUT2D eigenvalue weighted by Gasteiger charge is -2.16. The summed E-state index contributed by atoms with van der Waals surface area (Å²) in [4.78, 5) is 0. The van der Waals surface area contributed by atoms with Gasteiger partial charge in [-0.3, -0.25) is 0 Å². The lowest BCUT2D eigenvalue weighted by Crippen LogP contribution is -2.11. The van der Waals surface area contributed by atoms with E-state index in [4.69, 9.17) is 4.42 Å². The van der Waals surface area contributed by atoms with E-state index in [1.165, 1.54) is 0 Å². The maximum atomic E-state index is 9.44. The molecule has 1 unspecified atom stereocenters. The van der Waals surface area contributed by atoms with Crippen LogP contribution >= 0.6 is 0 Å². The molecular weight excluding hydrogens is 200 g/mol. The molecule has 1 heterocycles. The highest BCUT2D eigenvalue weighted by Crippen LogP contribution is 2.33. The number of benzene rings is 1.